The van der Waals surface area contributed by atoms with Gasteiger partial charge in [-0.05, 0) is 98.2 Å². The Morgan fingerprint density at radius 1 is 0.641 bits per heavy atom. The lowest BCUT2D eigenvalue weighted by atomic mass is 9.93. The molecular formula is C66H94N12O23S2. The maximum Gasteiger partial charge on any atom is 0.323 e. The molecule has 0 radical (unpaired) electrons. The lowest BCUT2D eigenvalue weighted by molar-refractivity contribution is -0.140. The number of amides is 3. The highest BCUT2D eigenvalue weighted by Crippen LogP contribution is 2.36. The van der Waals surface area contributed by atoms with E-state index in [9.17, 15) is 85.7 Å². The van der Waals surface area contributed by atoms with E-state index in [1.54, 1.807) is 61.8 Å². The molecule has 0 saturated carbocycles. The van der Waals surface area contributed by atoms with Gasteiger partial charge in [-0.2, -0.15) is 4.72 Å². The molecule has 1 saturated heterocycles. The van der Waals surface area contributed by atoms with Crippen molar-refractivity contribution in [3.05, 3.63) is 111 Å². The zero-order valence-electron chi connectivity index (χ0n) is 57.8. The van der Waals surface area contributed by atoms with Crippen LogP contribution in [0.1, 0.15) is 64.7 Å². The van der Waals surface area contributed by atoms with Crippen LogP contribution in [0, 0.1) is 19.8 Å². The fraction of sp³-hybridized carbons (Fsp3) is 0.515. The highest BCUT2D eigenvalue weighted by Gasteiger charge is 2.31. The van der Waals surface area contributed by atoms with Crippen LogP contribution < -0.4 is 40.3 Å². The number of sulfonamides is 1. The zero-order chi connectivity index (χ0) is 75.1. The summed E-state index contributed by atoms with van der Waals surface area (Å²) in [6.45, 7) is 5.54. The number of hydrogen-bond donors (Lipinski definition) is 13. The Kier molecular flexibility index (Phi) is 34.1. The number of nitrogens with one attached hydrogen (secondary N) is 6. The third kappa shape index (κ3) is 30.3. The third-order valence-corrected chi connectivity index (χ3v) is 18.4. The van der Waals surface area contributed by atoms with Crippen molar-refractivity contribution in [3.63, 3.8) is 0 Å². The topological polar surface area (TPSA) is 482 Å². The maximum absolute atomic E-state index is 13.9. The van der Waals surface area contributed by atoms with Gasteiger partial charge in [0.25, 0.3) is 17.1 Å². The number of hydrogen-bond acceptors (Lipinski definition) is 25. The predicted octanol–water partition coefficient (Wildman–Crippen LogP) is 1.68. The van der Waals surface area contributed by atoms with Gasteiger partial charge in [-0.3, -0.25) is 76.4 Å². The molecule has 103 heavy (non-hydrogen) atoms. The summed E-state index contributed by atoms with van der Waals surface area (Å²) in [6, 6.07) is 12.0. The van der Waals surface area contributed by atoms with E-state index in [0.29, 0.717) is 61.7 Å². The number of aliphatic carboxylic acids is 4. The number of anilines is 1. The Labute approximate surface area is 596 Å². The van der Waals surface area contributed by atoms with E-state index < -0.39 is 80.8 Å². The number of rotatable bonds is 44. The van der Waals surface area contributed by atoms with Gasteiger partial charge in [-0.15, -0.1) is 0 Å². The Morgan fingerprint density at radius 3 is 1.70 bits per heavy atom. The molecule has 13 N–H and O–H groups in total. The van der Waals surface area contributed by atoms with Crippen LogP contribution in [0.25, 0.3) is 10.9 Å². The fourth-order valence-corrected chi connectivity index (χ4v) is 13.2. The lowest BCUT2D eigenvalue weighted by Gasteiger charge is -2.33. The average molecular weight is 1490 g/mol. The van der Waals surface area contributed by atoms with Gasteiger partial charge in [0.15, 0.2) is 5.95 Å². The number of ketones is 1. The van der Waals surface area contributed by atoms with Crippen LogP contribution >= 0.6 is 11.2 Å². The van der Waals surface area contributed by atoms with E-state index in [-0.39, 0.29) is 188 Å². The molecule has 5 aromatic rings. The van der Waals surface area contributed by atoms with Crippen molar-refractivity contribution >= 4 is 85.4 Å². The van der Waals surface area contributed by atoms with Gasteiger partial charge in [0.2, 0.25) is 27.3 Å². The highest BCUT2D eigenvalue weighted by molar-refractivity contribution is 8.15. The molecule has 6 rings (SSSR count). The molecule has 1 fully saturated rings. The molecule has 3 amide bonds. The molecule has 3 aromatic carbocycles. The minimum atomic E-state index is -4.49. The molecule has 35 nitrogen and oxygen atoms in total. The number of carbonyl (C=O) groups is 8. The summed E-state index contributed by atoms with van der Waals surface area (Å²) in [4.78, 5) is 128. The van der Waals surface area contributed by atoms with Gasteiger partial charge < -0.3 is 74.4 Å². The van der Waals surface area contributed by atoms with Gasteiger partial charge in [-0.1, -0.05) is 18.2 Å². The van der Waals surface area contributed by atoms with E-state index in [2.05, 4.69) is 36.0 Å². The van der Waals surface area contributed by atoms with E-state index in [4.69, 9.17) is 23.1 Å². The molecule has 0 aliphatic carbocycles. The van der Waals surface area contributed by atoms with Crippen LogP contribution in [0.2, 0.25) is 0 Å². The van der Waals surface area contributed by atoms with E-state index in [1.165, 1.54) is 56.4 Å². The summed E-state index contributed by atoms with van der Waals surface area (Å²) < 4.78 is 86.6. The number of nitrogens with zero attached hydrogens (tertiary/aromatic N) is 6. The van der Waals surface area contributed by atoms with Gasteiger partial charge in [0, 0.05) is 142 Å². The number of pyridine rings is 1. The number of fused-ring (bicyclic) bond motifs is 1. The summed E-state index contributed by atoms with van der Waals surface area (Å²) in [5.41, 5.74) is 1.59. The first-order valence-corrected chi connectivity index (χ1v) is 36.2. The molecule has 3 heterocycles. The average Bonchev–Trinajstić information content (AvgIpc) is 0.968. The van der Waals surface area contributed by atoms with Crippen molar-refractivity contribution in [3.8, 4) is 11.5 Å². The van der Waals surface area contributed by atoms with E-state index >= 15 is 0 Å². The van der Waals surface area contributed by atoms with Gasteiger partial charge >= 0.3 is 23.9 Å². The Hall–Kier alpha value is -8.70. The first-order valence-electron chi connectivity index (χ1n) is 33.3. The first-order chi connectivity index (χ1) is 49.0. The number of ether oxygens (including phenoxy) is 4. The number of Topliss-reactive ketones (excluding diaryl/α,β-unsaturated/α-hetero) is 1. The van der Waals surface area contributed by atoms with Gasteiger partial charge in [-0.25, -0.2) is 13.4 Å². The minimum absolute atomic E-state index is 0.0614. The fourth-order valence-electron chi connectivity index (χ4n) is 11.2. The number of carboxylic acids is 4. The first kappa shape index (κ1) is 83.2. The second-order valence-electron chi connectivity index (χ2n) is 24.5. The van der Waals surface area contributed by atoms with Crippen LogP contribution in [0.4, 0.5) is 5.95 Å². The maximum atomic E-state index is 13.9. The van der Waals surface area contributed by atoms with Crippen LogP contribution in [0.5, 0.6) is 11.5 Å². The predicted molar refractivity (Wildman–Crippen MR) is 376 cm³/mol. The van der Waals surface area contributed by atoms with Crippen molar-refractivity contribution in [2.75, 3.05) is 150 Å². The van der Waals surface area contributed by atoms with Crippen molar-refractivity contribution < 1.29 is 104 Å². The minimum Gasteiger partial charge on any atom is -0.494 e. The van der Waals surface area contributed by atoms with Crippen LogP contribution in [-0.2, 0) is 77.8 Å². The lowest BCUT2D eigenvalue weighted by Crippen LogP contribution is -2.49. The summed E-state index contributed by atoms with van der Waals surface area (Å²) in [5.74, 6) is -6.78. The molecular weight excluding hydrogens is 1390 g/mol. The molecule has 1 aliphatic rings. The molecule has 0 bridgehead atoms. The monoisotopic (exact) mass is 1490 g/mol. The molecule has 2 atom stereocenters. The van der Waals surface area contributed by atoms with Gasteiger partial charge in [0.1, 0.15) is 28.9 Å². The molecule has 568 valence electrons. The van der Waals surface area contributed by atoms with E-state index in [1.807, 2.05) is 0 Å². The van der Waals surface area contributed by atoms with Crippen molar-refractivity contribution in [2.24, 2.45) is 13.0 Å². The van der Waals surface area contributed by atoms with Crippen LogP contribution in [0.15, 0.2) is 82.9 Å². The Bertz CT molecular complexity index is 3750. The van der Waals surface area contributed by atoms with Gasteiger partial charge in [0.05, 0.1) is 69.6 Å². The van der Waals surface area contributed by atoms with Crippen molar-refractivity contribution in [1.29, 1.82) is 0 Å². The largest absolute Gasteiger partial charge is 0.494 e. The highest BCUT2D eigenvalue weighted by atomic mass is 32.3. The molecule has 0 unspecified atom stereocenters. The number of H-pyrrole nitrogens is 1. The SMILES string of the molecule is Cc1cc(OCCCC(=O)NCCCOCCOCCOCCCNC(=O)[C@H](CC(=O)CN2CCN(CC(=O)O)CCN(CC(=O)O)CCN(CC(=O)O)CC2)Cc2ccc(OS(O)(O)O)cc2)cc(C)c1S(=O)(=O)N[C@@H](CNC(=O)c1cn(C)c2cc(CNc3ncc[nH]3)ccc2c1=O)C(=O)O. The standard InChI is InChI=1S/C66H94N12O23S2/c1-45-33-52(34-46(2)62(45)102(92,93)73-55(65(90)91)39-71-64(89)54-41-74(3)56-36-48(10-13-53(56)61(54)87)38-72-66-69-16-17-70-66)100-28-4-7-57(80)67-14-5-26-97-29-31-99-32-30-98-27-6-15-68-63(88)49(35-47-8-11-51(12-9-47)101-103(94,95)96)37-50(79)40-75-18-20-76(42-58(81)82)22-24-78(44-60(85)86)25-23-77(21-19-75)43-59(83)84/h8-13,16-17,33-34,36,41,49,55,73,94-96H,4-7,14-15,18-32,35,37-40,42-44H2,1-3H3,(H,67,80)(H,68,88)(H,71,89)(H,81,82)(H,83,84)(H,85,86)(H,90,91)(H2,69,70,72)/t49-,55-/m0/s1. The second-order valence-corrected chi connectivity index (χ2v) is 27.3. The number of imidazole rings is 1. The number of carbonyl (C=O) groups excluding carboxylic acids is 4. The van der Waals surface area contributed by atoms with Crippen molar-refractivity contribution in [2.45, 2.75) is 69.9 Å². The summed E-state index contributed by atoms with van der Waals surface area (Å²) in [6.07, 6.45) is 5.87. The molecule has 1 aliphatic heterocycles. The summed E-state index contributed by atoms with van der Waals surface area (Å²) >= 11 is -4.31. The number of benzene rings is 3. The second kappa shape index (κ2) is 42.2. The third-order valence-electron chi connectivity index (χ3n) is 16.2. The van der Waals surface area contributed by atoms with E-state index in [0.717, 1.165) is 5.56 Å². The normalized spacial score (nSPS) is 14.7. The molecule has 2 aromatic heterocycles. The Morgan fingerprint density at radius 2 is 1.17 bits per heavy atom. The van der Waals surface area contributed by atoms with Crippen LogP contribution in [0.3, 0.4) is 0 Å². The summed E-state index contributed by atoms with van der Waals surface area (Å²) in [7, 11) is -2.84. The molecule has 37 heteroatoms. The number of aromatic nitrogens is 3. The number of carboxylic acid groups (broad SMARTS) is 4. The smallest absolute Gasteiger partial charge is 0.323 e. The molecule has 0 spiro atoms. The Balaban J connectivity index is 0.840. The summed E-state index contributed by atoms with van der Waals surface area (Å²) in [5, 5.41) is 50.2. The number of aryl methyl sites for hydroxylation is 3. The number of aromatic amines is 1. The van der Waals surface area contributed by atoms with Crippen LogP contribution in [-0.4, -0.2) is 274 Å². The quantitative estimate of drug-likeness (QED) is 0.0247. The van der Waals surface area contributed by atoms with Crippen molar-refractivity contribution in [1.82, 2.24) is 54.8 Å². The zero-order valence-corrected chi connectivity index (χ0v) is 59.4.